The topological polar surface area (TPSA) is 110 Å². The predicted octanol–water partition coefficient (Wildman–Crippen LogP) is 2.54. The van der Waals surface area contributed by atoms with E-state index in [4.69, 9.17) is 9.84 Å². The second-order valence-corrected chi connectivity index (χ2v) is 6.99. The zero-order valence-corrected chi connectivity index (χ0v) is 13.5. The molecular weight excluding hydrogens is 334 g/mol. The van der Waals surface area contributed by atoms with Crippen LogP contribution in [0.25, 0.3) is 0 Å². The second-order valence-electron chi connectivity index (χ2n) is 4.97. The van der Waals surface area contributed by atoms with Crippen LogP contribution in [-0.4, -0.2) is 31.8 Å². The van der Waals surface area contributed by atoms with Crippen molar-refractivity contribution in [1.29, 1.82) is 0 Å². The second kappa shape index (κ2) is 7.14. The van der Waals surface area contributed by atoms with E-state index in [0.29, 0.717) is 0 Å². The Morgan fingerprint density at radius 2 is 1.79 bits per heavy atom. The summed E-state index contributed by atoms with van der Waals surface area (Å²) in [6.07, 6.45) is 0.104. The largest absolute Gasteiger partial charge is 0.478 e. The number of anilines is 1. The van der Waals surface area contributed by atoms with Crippen molar-refractivity contribution in [3.63, 3.8) is 0 Å². The minimum Gasteiger partial charge on any atom is -0.478 e. The fourth-order valence-electron chi connectivity index (χ4n) is 1.91. The number of amides is 1. The lowest BCUT2D eigenvalue weighted by molar-refractivity contribution is 0.0698. The summed E-state index contributed by atoms with van der Waals surface area (Å²) in [5, 5.41) is 11.4. The molecule has 7 nitrogen and oxygen atoms in total. The van der Waals surface area contributed by atoms with E-state index >= 15 is 0 Å². The van der Waals surface area contributed by atoms with Gasteiger partial charge in [-0.05, 0) is 23.8 Å². The number of carbonyl (C=O) groups excluding carboxylic acids is 1. The number of hydrogen-bond donors (Lipinski definition) is 2. The molecule has 0 radical (unpaired) electrons. The first kappa shape index (κ1) is 17.5. The molecule has 0 unspecified atom stereocenters. The van der Waals surface area contributed by atoms with Crippen molar-refractivity contribution < 1.29 is 27.9 Å². The molecule has 0 aliphatic rings. The molecular formula is C16H15NO6S. The van der Waals surface area contributed by atoms with E-state index in [0.717, 1.165) is 24.0 Å². The molecule has 24 heavy (non-hydrogen) atoms. The van der Waals surface area contributed by atoms with Gasteiger partial charge in [-0.2, -0.15) is 0 Å². The van der Waals surface area contributed by atoms with Crippen LogP contribution in [0.3, 0.4) is 0 Å². The van der Waals surface area contributed by atoms with Gasteiger partial charge in [0.2, 0.25) is 0 Å². The van der Waals surface area contributed by atoms with Crippen LogP contribution < -0.4 is 5.32 Å². The van der Waals surface area contributed by atoms with Gasteiger partial charge in [0.1, 0.15) is 6.61 Å². The number of carboxylic acids is 1. The lowest BCUT2D eigenvalue weighted by Gasteiger charge is -2.11. The van der Waals surface area contributed by atoms with E-state index in [-0.39, 0.29) is 22.8 Å². The van der Waals surface area contributed by atoms with Gasteiger partial charge < -0.3 is 9.84 Å². The molecule has 0 aliphatic carbocycles. The Bertz CT molecular complexity index is 861. The maximum Gasteiger partial charge on any atom is 0.411 e. The fourth-order valence-corrected chi connectivity index (χ4v) is 2.56. The Morgan fingerprint density at radius 3 is 2.38 bits per heavy atom. The number of rotatable bonds is 5. The highest BCUT2D eigenvalue weighted by Gasteiger charge is 2.17. The Labute approximate surface area is 138 Å². The zero-order valence-electron chi connectivity index (χ0n) is 12.7. The van der Waals surface area contributed by atoms with Crippen molar-refractivity contribution in [1.82, 2.24) is 0 Å². The smallest absolute Gasteiger partial charge is 0.411 e. The van der Waals surface area contributed by atoms with Crippen LogP contribution in [0.1, 0.15) is 15.9 Å². The third-order valence-corrected chi connectivity index (χ3v) is 4.21. The summed E-state index contributed by atoms with van der Waals surface area (Å²) in [6.45, 7) is 0.000838. The molecule has 0 saturated carbocycles. The van der Waals surface area contributed by atoms with Crippen molar-refractivity contribution in [2.75, 3.05) is 11.6 Å². The summed E-state index contributed by atoms with van der Waals surface area (Å²) >= 11 is 0. The monoisotopic (exact) mass is 349 g/mol. The summed E-state index contributed by atoms with van der Waals surface area (Å²) < 4.78 is 28.1. The number of hydrogen-bond acceptors (Lipinski definition) is 5. The highest BCUT2D eigenvalue weighted by atomic mass is 32.2. The van der Waals surface area contributed by atoms with Crippen LogP contribution in [0, 0.1) is 0 Å². The summed E-state index contributed by atoms with van der Waals surface area (Å²) in [6, 6.07) is 12.3. The number of nitrogens with one attached hydrogen (secondary N) is 1. The van der Waals surface area contributed by atoms with Crippen molar-refractivity contribution in [3.05, 3.63) is 59.7 Å². The van der Waals surface area contributed by atoms with Crippen molar-refractivity contribution in [3.8, 4) is 0 Å². The molecule has 2 aromatic rings. The summed E-state index contributed by atoms with van der Waals surface area (Å²) in [5.41, 5.74) is 0.374. The quantitative estimate of drug-likeness (QED) is 0.858. The maximum atomic E-state index is 11.8. The Balaban J connectivity index is 2.17. The average Bonchev–Trinajstić information content (AvgIpc) is 2.53. The zero-order chi connectivity index (χ0) is 17.7. The fraction of sp³-hybridized carbons (Fsp3) is 0.125. The maximum absolute atomic E-state index is 11.8. The van der Waals surface area contributed by atoms with Gasteiger partial charge in [0.15, 0.2) is 9.84 Å². The van der Waals surface area contributed by atoms with Gasteiger partial charge in [-0.15, -0.1) is 0 Å². The van der Waals surface area contributed by atoms with Crippen molar-refractivity contribution >= 4 is 27.6 Å². The first-order valence-corrected chi connectivity index (χ1v) is 8.71. The molecule has 0 heterocycles. The van der Waals surface area contributed by atoms with Crippen LogP contribution in [-0.2, 0) is 21.2 Å². The number of carbonyl (C=O) groups is 2. The van der Waals surface area contributed by atoms with Crippen molar-refractivity contribution in [2.45, 2.75) is 11.5 Å². The minimum atomic E-state index is -3.54. The van der Waals surface area contributed by atoms with Gasteiger partial charge in [-0.3, -0.25) is 5.32 Å². The van der Waals surface area contributed by atoms with E-state index in [2.05, 4.69) is 5.32 Å². The van der Waals surface area contributed by atoms with Gasteiger partial charge >= 0.3 is 12.1 Å². The summed E-state index contributed by atoms with van der Waals surface area (Å²) in [5.74, 6) is -1.30. The molecule has 0 spiro atoms. The molecule has 2 N–H and O–H groups in total. The van der Waals surface area contributed by atoms with Crippen molar-refractivity contribution in [2.24, 2.45) is 0 Å². The molecule has 0 aliphatic heterocycles. The standard InChI is InChI=1S/C16H15NO6S/c1-24(21,22)12-7-8-13(15(18)19)14(9-12)17-16(20)23-10-11-5-3-2-4-6-11/h2-9H,10H2,1H3,(H,17,20)(H,18,19). The lowest BCUT2D eigenvalue weighted by atomic mass is 10.2. The molecule has 0 aromatic heterocycles. The molecule has 1 amide bonds. The molecule has 0 saturated heterocycles. The number of benzene rings is 2. The van der Waals surface area contributed by atoms with E-state index in [9.17, 15) is 18.0 Å². The minimum absolute atomic E-state index is 0.000838. The molecule has 0 bridgehead atoms. The number of aromatic carboxylic acids is 1. The average molecular weight is 349 g/mol. The highest BCUT2D eigenvalue weighted by Crippen LogP contribution is 2.21. The molecule has 0 fully saturated rings. The molecule has 8 heteroatoms. The van der Waals surface area contributed by atoms with Gasteiger partial charge in [0.05, 0.1) is 16.1 Å². The van der Waals surface area contributed by atoms with E-state index in [1.54, 1.807) is 24.3 Å². The molecule has 2 rings (SSSR count). The number of ether oxygens (including phenoxy) is 1. The molecule has 2 aromatic carbocycles. The highest BCUT2D eigenvalue weighted by molar-refractivity contribution is 7.90. The first-order valence-electron chi connectivity index (χ1n) is 6.82. The number of sulfone groups is 1. The van der Waals surface area contributed by atoms with E-state index in [1.165, 1.54) is 6.07 Å². The van der Waals surface area contributed by atoms with Gasteiger partial charge in [-0.25, -0.2) is 18.0 Å². The van der Waals surface area contributed by atoms with Gasteiger partial charge in [0, 0.05) is 6.26 Å². The van der Waals surface area contributed by atoms with Crippen LogP contribution in [0.15, 0.2) is 53.4 Å². The molecule has 0 atom stereocenters. The van der Waals surface area contributed by atoms with Gasteiger partial charge in [0.25, 0.3) is 0 Å². The SMILES string of the molecule is CS(=O)(=O)c1ccc(C(=O)O)c(NC(=O)OCc2ccccc2)c1. The summed E-state index contributed by atoms with van der Waals surface area (Å²) in [7, 11) is -3.54. The summed E-state index contributed by atoms with van der Waals surface area (Å²) in [4.78, 5) is 22.9. The lowest BCUT2D eigenvalue weighted by Crippen LogP contribution is -2.16. The Hall–Kier alpha value is -2.87. The normalized spacial score (nSPS) is 10.9. The van der Waals surface area contributed by atoms with Crippen LogP contribution in [0.4, 0.5) is 10.5 Å². The van der Waals surface area contributed by atoms with Crippen LogP contribution in [0.2, 0.25) is 0 Å². The predicted molar refractivity (Wildman–Crippen MR) is 86.8 cm³/mol. The first-order chi connectivity index (χ1) is 11.3. The molecule has 126 valence electrons. The third kappa shape index (κ3) is 4.56. The Kier molecular flexibility index (Phi) is 5.20. The van der Waals surface area contributed by atoms with Crippen LogP contribution in [0.5, 0.6) is 0 Å². The third-order valence-electron chi connectivity index (χ3n) is 3.10. The Morgan fingerprint density at radius 1 is 1.12 bits per heavy atom. The number of carboxylic acid groups (broad SMARTS) is 1. The van der Waals surface area contributed by atoms with E-state index in [1.807, 2.05) is 6.07 Å². The van der Waals surface area contributed by atoms with Gasteiger partial charge in [-0.1, -0.05) is 30.3 Å². The van der Waals surface area contributed by atoms with Crippen LogP contribution >= 0.6 is 0 Å². The van der Waals surface area contributed by atoms with E-state index < -0.39 is 21.9 Å².